The first-order valence-electron chi connectivity index (χ1n) is 8.74. The Morgan fingerprint density at radius 2 is 1.70 bits per heavy atom. The lowest BCUT2D eigenvalue weighted by Crippen LogP contribution is -3.00. The Labute approximate surface area is 175 Å². The number of quaternary nitrogens is 1. The van der Waals surface area contributed by atoms with E-state index in [0.717, 1.165) is 5.69 Å². The van der Waals surface area contributed by atoms with Crippen LogP contribution in [0.1, 0.15) is 5.56 Å². The SMILES string of the molecule is Cc1ccc(N=CC=CC=C2Sc3ccc4ccccc4c3[NH+]2C)cc1.[Br-]. The first-order valence-corrected chi connectivity index (χ1v) is 9.55. The zero-order chi connectivity index (χ0) is 17.9. The number of nitrogens with zero attached hydrogens (tertiary/aromatic N) is 1. The maximum Gasteiger partial charge on any atom is 0.175 e. The summed E-state index contributed by atoms with van der Waals surface area (Å²) in [5.74, 6) is 0. The molecule has 1 aliphatic rings. The molecule has 0 radical (unpaired) electrons. The molecule has 0 fully saturated rings. The third kappa shape index (κ3) is 4.24. The van der Waals surface area contributed by atoms with E-state index in [1.165, 1.54) is 36.8 Å². The van der Waals surface area contributed by atoms with Crippen LogP contribution in [-0.2, 0) is 0 Å². The quantitative estimate of drug-likeness (QED) is 0.622. The van der Waals surface area contributed by atoms with Crippen LogP contribution in [0.25, 0.3) is 10.8 Å². The molecule has 0 bridgehead atoms. The van der Waals surface area contributed by atoms with Gasteiger partial charge in [0, 0.05) is 17.7 Å². The highest BCUT2D eigenvalue weighted by Gasteiger charge is 2.29. The van der Waals surface area contributed by atoms with E-state index < -0.39 is 0 Å². The second kappa shape index (κ2) is 8.70. The summed E-state index contributed by atoms with van der Waals surface area (Å²) in [7, 11) is 2.21. The van der Waals surface area contributed by atoms with Crippen molar-refractivity contribution in [3.05, 3.63) is 89.5 Å². The third-order valence-corrected chi connectivity index (χ3v) is 5.78. The van der Waals surface area contributed by atoms with Gasteiger partial charge in [-0.1, -0.05) is 48.0 Å². The lowest BCUT2D eigenvalue weighted by atomic mass is 10.1. The van der Waals surface area contributed by atoms with Crippen molar-refractivity contribution in [1.29, 1.82) is 0 Å². The van der Waals surface area contributed by atoms with Crippen LogP contribution in [0.4, 0.5) is 11.4 Å². The molecule has 0 saturated heterocycles. The largest absolute Gasteiger partial charge is 1.00 e. The van der Waals surface area contributed by atoms with E-state index in [4.69, 9.17) is 0 Å². The van der Waals surface area contributed by atoms with Gasteiger partial charge >= 0.3 is 0 Å². The summed E-state index contributed by atoms with van der Waals surface area (Å²) in [6.07, 6.45) is 8.08. The number of benzene rings is 3. The standard InChI is InChI=1S/C23H20N2S.BrH/c1-17-10-13-19(14-11-17)24-16-6-5-9-22-25(2)23-20-8-4-3-7-18(20)12-15-21(23)26-22;/h3-16H,1-2H3;1H. The van der Waals surface area contributed by atoms with Gasteiger partial charge < -0.3 is 17.0 Å². The molecule has 1 heterocycles. The van der Waals surface area contributed by atoms with E-state index in [0.29, 0.717) is 0 Å². The summed E-state index contributed by atoms with van der Waals surface area (Å²) in [6, 6.07) is 21.3. The van der Waals surface area contributed by atoms with Crippen molar-refractivity contribution in [2.45, 2.75) is 11.8 Å². The number of aliphatic imine (C=N–C) groups is 1. The highest BCUT2D eigenvalue weighted by Crippen LogP contribution is 2.39. The molecule has 0 aromatic heterocycles. The molecule has 2 nitrogen and oxygen atoms in total. The van der Waals surface area contributed by atoms with Crippen LogP contribution >= 0.6 is 11.8 Å². The molecule has 0 spiro atoms. The number of thioether (sulfide) groups is 1. The molecule has 1 atom stereocenters. The van der Waals surface area contributed by atoms with Gasteiger partial charge in [-0.25, -0.2) is 0 Å². The fourth-order valence-electron chi connectivity index (χ4n) is 3.15. The van der Waals surface area contributed by atoms with E-state index in [-0.39, 0.29) is 17.0 Å². The van der Waals surface area contributed by atoms with Crippen molar-refractivity contribution < 1.29 is 21.9 Å². The topological polar surface area (TPSA) is 16.8 Å². The second-order valence-electron chi connectivity index (χ2n) is 6.42. The summed E-state index contributed by atoms with van der Waals surface area (Å²) in [5.41, 5.74) is 3.60. The Morgan fingerprint density at radius 3 is 2.52 bits per heavy atom. The molecule has 0 aliphatic carbocycles. The van der Waals surface area contributed by atoms with Gasteiger partial charge in [-0.3, -0.25) is 9.89 Å². The van der Waals surface area contributed by atoms with Crippen molar-refractivity contribution in [3.63, 3.8) is 0 Å². The Bertz CT molecular complexity index is 1040. The molecular weight excluding hydrogens is 416 g/mol. The number of rotatable bonds is 3. The number of hydrogen-bond acceptors (Lipinski definition) is 2. The van der Waals surface area contributed by atoms with Crippen molar-refractivity contribution in [1.82, 2.24) is 0 Å². The number of halogens is 1. The van der Waals surface area contributed by atoms with Crippen LogP contribution in [-0.4, -0.2) is 13.3 Å². The van der Waals surface area contributed by atoms with Gasteiger partial charge in [0.05, 0.1) is 17.6 Å². The van der Waals surface area contributed by atoms with Gasteiger partial charge in [0.2, 0.25) is 0 Å². The molecule has 1 N–H and O–H groups in total. The van der Waals surface area contributed by atoms with Crippen LogP contribution < -0.4 is 21.9 Å². The van der Waals surface area contributed by atoms with E-state index >= 15 is 0 Å². The van der Waals surface area contributed by atoms with Crippen molar-refractivity contribution in [3.8, 4) is 0 Å². The van der Waals surface area contributed by atoms with Gasteiger partial charge in [-0.2, -0.15) is 0 Å². The second-order valence-corrected chi connectivity index (χ2v) is 7.50. The van der Waals surface area contributed by atoms with E-state index in [1.54, 1.807) is 0 Å². The van der Waals surface area contributed by atoms with E-state index in [1.807, 2.05) is 36.2 Å². The average molecular weight is 437 g/mol. The number of aryl methyl sites for hydroxylation is 1. The number of hydrogen-bond donors (Lipinski definition) is 1. The molecule has 4 rings (SSSR count). The zero-order valence-electron chi connectivity index (χ0n) is 15.3. The normalized spacial score (nSPS) is 17.7. The lowest BCUT2D eigenvalue weighted by Gasteiger charge is -2.09. The first kappa shape index (κ1) is 19.6. The number of nitrogens with one attached hydrogen (secondary N) is 1. The summed E-state index contributed by atoms with van der Waals surface area (Å²) in [5, 5.41) is 3.94. The monoisotopic (exact) mass is 436 g/mol. The zero-order valence-corrected chi connectivity index (χ0v) is 17.7. The molecular formula is C23H21BrN2S. The van der Waals surface area contributed by atoms with Crippen LogP contribution in [0.15, 0.2) is 93.8 Å². The predicted molar refractivity (Wildman–Crippen MR) is 113 cm³/mol. The highest BCUT2D eigenvalue weighted by atomic mass is 79.9. The van der Waals surface area contributed by atoms with Gasteiger partial charge in [-0.05, 0) is 54.4 Å². The predicted octanol–water partition coefficient (Wildman–Crippen LogP) is 2.20. The van der Waals surface area contributed by atoms with Crippen molar-refractivity contribution in [2.24, 2.45) is 4.99 Å². The summed E-state index contributed by atoms with van der Waals surface area (Å²) in [6.45, 7) is 2.08. The van der Waals surface area contributed by atoms with Crippen LogP contribution in [0.2, 0.25) is 0 Å². The van der Waals surface area contributed by atoms with Crippen molar-refractivity contribution in [2.75, 3.05) is 7.05 Å². The number of allylic oxidation sites excluding steroid dienone is 3. The Morgan fingerprint density at radius 1 is 0.926 bits per heavy atom. The smallest absolute Gasteiger partial charge is 0.175 e. The minimum absolute atomic E-state index is 0. The molecule has 27 heavy (non-hydrogen) atoms. The first-order chi connectivity index (χ1) is 12.7. The van der Waals surface area contributed by atoms with Crippen LogP contribution in [0, 0.1) is 6.92 Å². The lowest BCUT2D eigenvalue weighted by molar-refractivity contribution is -0.754. The fourth-order valence-corrected chi connectivity index (χ4v) is 4.29. The summed E-state index contributed by atoms with van der Waals surface area (Å²) >= 11 is 1.84. The Hall–Kier alpha value is -2.14. The van der Waals surface area contributed by atoms with Gasteiger partial charge in [0.25, 0.3) is 0 Å². The van der Waals surface area contributed by atoms with Gasteiger partial charge in [-0.15, -0.1) is 0 Å². The van der Waals surface area contributed by atoms with E-state index in [9.17, 15) is 0 Å². The molecule has 3 aromatic rings. The average Bonchev–Trinajstić information content (AvgIpc) is 2.99. The van der Waals surface area contributed by atoms with Crippen LogP contribution in [0.3, 0.4) is 0 Å². The van der Waals surface area contributed by atoms with Crippen LogP contribution in [0.5, 0.6) is 0 Å². The molecule has 136 valence electrons. The highest BCUT2D eigenvalue weighted by molar-refractivity contribution is 8.03. The summed E-state index contributed by atoms with van der Waals surface area (Å²) in [4.78, 5) is 7.15. The molecule has 1 unspecified atom stereocenters. The van der Waals surface area contributed by atoms with Crippen molar-refractivity contribution >= 4 is 40.1 Å². The Kier molecular flexibility index (Phi) is 6.32. The third-order valence-electron chi connectivity index (χ3n) is 4.56. The molecule has 0 amide bonds. The van der Waals surface area contributed by atoms with Gasteiger partial charge in [0.15, 0.2) is 10.7 Å². The fraction of sp³-hybridized carbons (Fsp3) is 0.0870. The number of fused-ring (bicyclic) bond motifs is 3. The minimum Gasteiger partial charge on any atom is -1.00 e. The van der Waals surface area contributed by atoms with E-state index in [2.05, 4.69) is 79.6 Å². The molecule has 0 saturated carbocycles. The minimum atomic E-state index is 0. The molecule has 3 aromatic carbocycles. The molecule has 4 heteroatoms. The maximum absolute atomic E-state index is 4.46. The Balaban J connectivity index is 0.00000210. The molecule has 1 aliphatic heterocycles. The summed E-state index contributed by atoms with van der Waals surface area (Å²) < 4.78 is 0. The van der Waals surface area contributed by atoms with Gasteiger partial charge in [0.1, 0.15) is 0 Å². The maximum atomic E-state index is 4.46.